The van der Waals surface area contributed by atoms with Gasteiger partial charge in [0.1, 0.15) is 5.15 Å². The van der Waals surface area contributed by atoms with Crippen molar-refractivity contribution in [3.8, 4) is 5.69 Å². The maximum atomic E-state index is 12.4. The summed E-state index contributed by atoms with van der Waals surface area (Å²) in [7, 11) is 0. The summed E-state index contributed by atoms with van der Waals surface area (Å²) in [6.45, 7) is 3.67. The van der Waals surface area contributed by atoms with Gasteiger partial charge in [0.05, 0.1) is 11.3 Å². The molecule has 0 amide bonds. The topological polar surface area (TPSA) is 54.9 Å². The van der Waals surface area contributed by atoms with E-state index < -0.39 is 11.2 Å². The molecule has 0 spiro atoms. The van der Waals surface area contributed by atoms with E-state index in [1.54, 1.807) is 24.3 Å². The minimum Gasteiger partial charge on any atom is -0.297 e. The number of aromatic amines is 1. The van der Waals surface area contributed by atoms with Crippen LogP contribution < -0.4 is 11.2 Å². The molecule has 0 fully saturated rings. The monoisotopic (exact) mass is 298 g/mol. The molecular weight excluding hydrogens is 287 g/mol. The van der Waals surface area contributed by atoms with Gasteiger partial charge in [-0.2, -0.15) is 0 Å². The molecule has 0 atom stereocenters. The molecule has 0 saturated heterocycles. The van der Waals surface area contributed by atoms with Crippen molar-refractivity contribution in [3.63, 3.8) is 0 Å². The van der Waals surface area contributed by atoms with Gasteiger partial charge in [-0.3, -0.25) is 9.78 Å². The molecule has 2 rings (SSSR count). The molecule has 6 heteroatoms. The summed E-state index contributed by atoms with van der Waals surface area (Å²) in [5.41, 5.74) is -0.216. The van der Waals surface area contributed by atoms with Gasteiger partial charge >= 0.3 is 5.69 Å². The minimum absolute atomic E-state index is 0.0864. The van der Waals surface area contributed by atoms with Crippen molar-refractivity contribution in [1.29, 1.82) is 0 Å². The Morgan fingerprint density at radius 3 is 2.47 bits per heavy atom. The zero-order chi connectivity index (χ0) is 14.2. The van der Waals surface area contributed by atoms with E-state index in [2.05, 4.69) is 4.98 Å². The molecule has 0 bridgehead atoms. The first-order valence-corrected chi connectivity index (χ1v) is 6.48. The molecular formula is C13H12Cl2N2O2. The van der Waals surface area contributed by atoms with Crippen LogP contribution in [0.25, 0.3) is 5.69 Å². The maximum Gasteiger partial charge on any atom is 0.334 e. The normalized spacial score (nSPS) is 11.0. The van der Waals surface area contributed by atoms with Gasteiger partial charge in [-0.05, 0) is 24.1 Å². The number of nitrogens with one attached hydrogen (secondary N) is 1. The highest BCUT2D eigenvalue weighted by Gasteiger charge is 2.16. The van der Waals surface area contributed by atoms with Crippen LogP contribution in [0.1, 0.15) is 25.3 Å². The zero-order valence-corrected chi connectivity index (χ0v) is 11.9. The van der Waals surface area contributed by atoms with Gasteiger partial charge in [0.2, 0.25) is 0 Å². The lowest BCUT2D eigenvalue weighted by atomic mass is 10.1. The Kier molecular flexibility index (Phi) is 3.83. The van der Waals surface area contributed by atoms with Crippen LogP contribution in [-0.4, -0.2) is 9.55 Å². The van der Waals surface area contributed by atoms with E-state index in [0.717, 1.165) is 4.57 Å². The van der Waals surface area contributed by atoms with Crippen molar-refractivity contribution < 1.29 is 0 Å². The fraction of sp³-hybridized carbons (Fsp3) is 0.231. The van der Waals surface area contributed by atoms with Crippen LogP contribution >= 0.6 is 23.2 Å². The SMILES string of the molecule is CC(C)c1c(Cl)[nH]c(=O)n(-c2cccc(Cl)c2)c1=O. The first-order valence-electron chi connectivity index (χ1n) is 5.72. The molecule has 1 N–H and O–H groups in total. The van der Waals surface area contributed by atoms with Crippen LogP contribution in [0.2, 0.25) is 10.2 Å². The Bertz CT molecular complexity index is 732. The summed E-state index contributed by atoms with van der Waals surface area (Å²) in [6.07, 6.45) is 0. The molecule has 19 heavy (non-hydrogen) atoms. The van der Waals surface area contributed by atoms with Crippen LogP contribution in [0.3, 0.4) is 0 Å². The molecule has 0 radical (unpaired) electrons. The molecule has 2 aromatic rings. The largest absolute Gasteiger partial charge is 0.334 e. The van der Waals surface area contributed by atoms with E-state index in [0.29, 0.717) is 16.3 Å². The van der Waals surface area contributed by atoms with Crippen LogP contribution in [0.15, 0.2) is 33.9 Å². The van der Waals surface area contributed by atoms with E-state index in [1.165, 1.54) is 0 Å². The second-order valence-corrected chi connectivity index (χ2v) is 5.25. The van der Waals surface area contributed by atoms with Crippen LogP contribution in [0, 0.1) is 0 Å². The van der Waals surface area contributed by atoms with E-state index in [1.807, 2.05) is 13.8 Å². The van der Waals surface area contributed by atoms with Crippen molar-refractivity contribution in [1.82, 2.24) is 9.55 Å². The number of rotatable bonds is 2. The maximum absolute atomic E-state index is 12.4. The third-order valence-electron chi connectivity index (χ3n) is 2.73. The summed E-state index contributed by atoms with van der Waals surface area (Å²) in [6, 6.07) is 6.54. The second kappa shape index (κ2) is 5.23. The molecule has 100 valence electrons. The second-order valence-electron chi connectivity index (χ2n) is 4.43. The van der Waals surface area contributed by atoms with Crippen molar-refractivity contribution in [2.75, 3.05) is 0 Å². The Balaban J connectivity index is 2.82. The summed E-state index contributed by atoms with van der Waals surface area (Å²) >= 11 is 11.8. The summed E-state index contributed by atoms with van der Waals surface area (Å²) in [5, 5.41) is 0.535. The average molecular weight is 299 g/mol. The van der Waals surface area contributed by atoms with Gasteiger partial charge in [-0.25, -0.2) is 9.36 Å². The fourth-order valence-electron chi connectivity index (χ4n) is 1.87. The molecule has 4 nitrogen and oxygen atoms in total. The summed E-state index contributed by atoms with van der Waals surface area (Å²) in [4.78, 5) is 26.8. The first-order chi connectivity index (χ1) is 8.91. The average Bonchev–Trinajstić information content (AvgIpc) is 2.27. The van der Waals surface area contributed by atoms with E-state index in [9.17, 15) is 9.59 Å². The molecule has 0 aliphatic carbocycles. The predicted molar refractivity (Wildman–Crippen MR) is 76.8 cm³/mol. The molecule has 1 aromatic heterocycles. The quantitative estimate of drug-likeness (QED) is 0.867. The Hall–Kier alpha value is -1.52. The molecule has 0 aliphatic rings. The van der Waals surface area contributed by atoms with Gasteiger partial charge in [-0.1, -0.05) is 43.1 Å². The van der Waals surface area contributed by atoms with Gasteiger partial charge < -0.3 is 0 Å². The minimum atomic E-state index is -0.582. The van der Waals surface area contributed by atoms with Gasteiger partial charge in [0.15, 0.2) is 0 Å². The van der Waals surface area contributed by atoms with Crippen molar-refractivity contribution >= 4 is 23.2 Å². The number of halogens is 2. The van der Waals surface area contributed by atoms with Crippen LogP contribution in [0.4, 0.5) is 0 Å². The molecule has 1 heterocycles. The summed E-state index contributed by atoms with van der Waals surface area (Å²) in [5.74, 6) is -0.0951. The van der Waals surface area contributed by atoms with E-state index in [4.69, 9.17) is 23.2 Å². The number of benzene rings is 1. The Labute approximate surface area is 119 Å². The van der Waals surface area contributed by atoms with Crippen LogP contribution in [-0.2, 0) is 0 Å². The molecule has 0 saturated carbocycles. The van der Waals surface area contributed by atoms with E-state index >= 15 is 0 Å². The lowest BCUT2D eigenvalue weighted by Crippen LogP contribution is -2.36. The Morgan fingerprint density at radius 2 is 1.89 bits per heavy atom. The van der Waals surface area contributed by atoms with Crippen molar-refractivity contribution in [2.45, 2.75) is 19.8 Å². The number of aromatic nitrogens is 2. The van der Waals surface area contributed by atoms with Crippen LogP contribution in [0.5, 0.6) is 0 Å². The first kappa shape index (κ1) is 13.9. The highest BCUT2D eigenvalue weighted by atomic mass is 35.5. The third kappa shape index (κ3) is 2.60. The molecule has 0 unspecified atom stereocenters. The number of H-pyrrole nitrogens is 1. The molecule has 1 aromatic carbocycles. The predicted octanol–water partition coefficient (Wildman–Crippen LogP) is 2.96. The van der Waals surface area contributed by atoms with Gasteiger partial charge in [0.25, 0.3) is 5.56 Å². The lowest BCUT2D eigenvalue weighted by Gasteiger charge is -2.11. The third-order valence-corrected chi connectivity index (χ3v) is 3.27. The zero-order valence-electron chi connectivity index (χ0n) is 10.4. The smallest absolute Gasteiger partial charge is 0.297 e. The highest BCUT2D eigenvalue weighted by Crippen LogP contribution is 2.18. The number of hydrogen-bond acceptors (Lipinski definition) is 2. The number of nitrogens with zero attached hydrogens (tertiary/aromatic N) is 1. The van der Waals surface area contributed by atoms with Crippen molar-refractivity contribution in [2.24, 2.45) is 0 Å². The van der Waals surface area contributed by atoms with E-state index in [-0.39, 0.29) is 11.1 Å². The molecule has 0 aliphatic heterocycles. The van der Waals surface area contributed by atoms with Gasteiger partial charge in [-0.15, -0.1) is 0 Å². The summed E-state index contributed by atoms with van der Waals surface area (Å²) < 4.78 is 1.03. The lowest BCUT2D eigenvalue weighted by molar-refractivity contribution is 0.777. The Morgan fingerprint density at radius 1 is 1.21 bits per heavy atom. The standard InChI is InChI=1S/C13H12Cl2N2O2/c1-7(2)10-11(15)16-13(19)17(12(10)18)9-5-3-4-8(14)6-9/h3-7H,1-2H3,(H,16,19). The van der Waals surface area contributed by atoms with Gasteiger partial charge in [0, 0.05) is 5.02 Å². The number of hydrogen-bond donors (Lipinski definition) is 1. The fourth-order valence-corrected chi connectivity index (χ4v) is 2.44. The van der Waals surface area contributed by atoms with Crippen molar-refractivity contribution in [3.05, 3.63) is 60.8 Å². The highest BCUT2D eigenvalue weighted by molar-refractivity contribution is 6.30.